The van der Waals surface area contributed by atoms with Gasteiger partial charge in [0, 0.05) is 5.54 Å². The highest BCUT2D eigenvalue weighted by molar-refractivity contribution is 7.88. The van der Waals surface area contributed by atoms with E-state index in [9.17, 15) is 8.42 Å². The topological polar surface area (TPSA) is 86.6 Å². The van der Waals surface area contributed by atoms with Crippen LogP contribution in [0.4, 0.5) is 0 Å². The monoisotopic (exact) mass is 273 g/mol. The van der Waals surface area contributed by atoms with Crippen molar-refractivity contribution >= 4 is 17.1 Å². The van der Waals surface area contributed by atoms with Crippen LogP contribution in [0.15, 0.2) is 24.2 Å². The molecule has 7 heteroatoms. The van der Waals surface area contributed by atoms with E-state index in [1.165, 1.54) is 5.98 Å². The van der Waals surface area contributed by atoms with Gasteiger partial charge in [-0.1, -0.05) is 31.1 Å². The molecule has 0 aliphatic heterocycles. The van der Waals surface area contributed by atoms with Crippen LogP contribution in [0.25, 0.3) is 0 Å². The smallest absolute Gasteiger partial charge is 0.424 e. The molecule has 0 saturated heterocycles. The van der Waals surface area contributed by atoms with Gasteiger partial charge in [0.15, 0.2) is 0 Å². The summed E-state index contributed by atoms with van der Waals surface area (Å²) >= 11 is 0. The maximum absolute atomic E-state index is 11.3. The first-order valence-electron chi connectivity index (χ1n) is 5.84. The fraction of sp³-hybridized carbons (Fsp3) is 0.636. The fourth-order valence-electron chi connectivity index (χ4n) is 2.37. The normalized spacial score (nSPS) is 32.9. The predicted molar refractivity (Wildman–Crippen MR) is 72.1 cm³/mol. The summed E-state index contributed by atoms with van der Waals surface area (Å²) in [7, 11) is -4.70. The lowest BCUT2D eigenvalue weighted by Gasteiger charge is -2.35. The highest BCUT2D eigenvalue weighted by Gasteiger charge is 2.32. The standard InChI is InChI=1S/C11H20BNO4S/c1-9-8-11(2,13-18(3,16)17)6-4-10(9)5-7-12(14)15/h4-7,9-10,13-15H,8H2,1-3H3/b7-5+. The summed E-state index contributed by atoms with van der Waals surface area (Å²) in [5.74, 6) is 1.61. The van der Waals surface area contributed by atoms with E-state index in [2.05, 4.69) is 4.72 Å². The molecule has 102 valence electrons. The van der Waals surface area contributed by atoms with Gasteiger partial charge >= 0.3 is 7.12 Å². The van der Waals surface area contributed by atoms with Gasteiger partial charge in [-0.15, -0.1) is 0 Å². The lowest BCUT2D eigenvalue weighted by atomic mass is 9.75. The molecule has 18 heavy (non-hydrogen) atoms. The van der Waals surface area contributed by atoms with Crippen molar-refractivity contribution in [3.63, 3.8) is 0 Å². The first kappa shape index (κ1) is 15.4. The molecule has 0 radical (unpaired) electrons. The highest BCUT2D eigenvalue weighted by atomic mass is 32.2. The third kappa shape index (κ3) is 4.93. The quantitative estimate of drug-likeness (QED) is 0.500. The van der Waals surface area contributed by atoms with Crippen molar-refractivity contribution in [1.29, 1.82) is 0 Å². The molecule has 3 unspecified atom stereocenters. The van der Waals surface area contributed by atoms with E-state index >= 15 is 0 Å². The summed E-state index contributed by atoms with van der Waals surface area (Å²) in [5, 5.41) is 17.6. The van der Waals surface area contributed by atoms with Crippen LogP contribution in [0.5, 0.6) is 0 Å². The molecule has 0 amide bonds. The minimum atomic E-state index is -3.25. The summed E-state index contributed by atoms with van der Waals surface area (Å²) in [6.45, 7) is 3.84. The largest absolute Gasteiger partial charge is 0.480 e. The summed E-state index contributed by atoms with van der Waals surface area (Å²) in [4.78, 5) is 0. The second-order valence-corrected chi connectivity index (χ2v) is 6.96. The SMILES string of the molecule is CC1CC(C)(NS(C)(=O)=O)C=CC1/C=C/B(O)O. The highest BCUT2D eigenvalue weighted by Crippen LogP contribution is 2.32. The molecule has 0 aromatic carbocycles. The Morgan fingerprint density at radius 2 is 2.11 bits per heavy atom. The van der Waals surface area contributed by atoms with Gasteiger partial charge in [0.2, 0.25) is 10.0 Å². The van der Waals surface area contributed by atoms with Crippen molar-refractivity contribution in [1.82, 2.24) is 4.72 Å². The molecule has 0 aromatic heterocycles. The lowest BCUT2D eigenvalue weighted by Crippen LogP contribution is -2.47. The third-order valence-electron chi connectivity index (χ3n) is 3.01. The molecule has 1 rings (SSSR count). The molecule has 1 aliphatic rings. The molecule has 0 saturated carbocycles. The fourth-order valence-corrected chi connectivity index (χ4v) is 3.37. The minimum Gasteiger partial charge on any atom is -0.424 e. The molecule has 0 bridgehead atoms. The van der Waals surface area contributed by atoms with E-state index in [4.69, 9.17) is 10.0 Å². The second-order valence-electron chi connectivity index (χ2n) is 5.21. The van der Waals surface area contributed by atoms with E-state index in [0.29, 0.717) is 6.42 Å². The first-order chi connectivity index (χ1) is 8.11. The van der Waals surface area contributed by atoms with Crippen molar-refractivity contribution in [3.05, 3.63) is 24.2 Å². The Balaban J connectivity index is 2.80. The average molecular weight is 273 g/mol. The Hall–Kier alpha value is -0.625. The number of rotatable bonds is 4. The molecule has 0 heterocycles. The van der Waals surface area contributed by atoms with Gasteiger partial charge in [0.25, 0.3) is 0 Å². The lowest BCUT2D eigenvalue weighted by molar-refractivity contribution is 0.330. The summed E-state index contributed by atoms with van der Waals surface area (Å²) < 4.78 is 25.2. The minimum absolute atomic E-state index is 0.0845. The van der Waals surface area contributed by atoms with Crippen LogP contribution >= 0.6 is 0 Å². The van der Waals surface area contributed by atoms with E-state index < -0.39 is 22.7 Å². The second kappa shape index (κ2) is 5.56. The van der Waals surface area contributed by atoms with E-state index in [0.717, 1.165) is 6.26 Å². The molecule has 0 fully saturated rings. The first-order valence-corrected chi connectivity index (χ1v) is 7.73. The Morgan fingerprint density at radius 3 is 2.56 bits per heavy atom. The zero-order valence-corrected chi connectivity index (χ0v) is 11.7. The van der Waals surface area contributed by atoms with Crippen molar-refractivity contribution in [2.45, 2.75) is 25.8 Å². The van der Waals surface area contributed by atoms with E-state index in [1.54, 1.807) is 6.08 Å². The van der Waals surface area contributed by atoms with Crippen LogP contribution in [-0.2, 0) is 10.0 Å². The van der Waals surface area contributed by atoms with Crippen LogP contribution in [0, 0.1) is 11.8 Å². The van der Waals surface area contributed by atoms with Crippen LogP contribution in [-0.4, -0.2) is 37.4 Å². The van der Waals surface area contributed by atoms with Crippen molar-refractivity contribution in [2.24, 2.45) is 11.8 Å². The summed E-state index contributed by atoms with van der Waals surface area (Å²) in [6.07, 6.45) is 7.25. The Labute approximate surface area is 109 Å². The van der Waals surface area contributed by atoms with Crippen LogP contribution in [0.1, 0.15) is 20.3 Å². The van der Waals surface area contributed by atoms with Gasteiger partial charge in [-0.3, -0.25) is 0 Å². The summed E-state index contributed by atoms with van der Waals surface area (Å²) in [5.41, 5.74) is -0.574. The number of nitrogens with one attached hydrogen (secondary N) is 1. The van der Waals surface area contributed by atoms with E-state index in [1.807, 2.05) is 26.0 Å². The van der Waals surface area contributed by atoms with Crippen molar-refractivity contribution in [3.8, 4) is 0 Å². The van der Waals surface area contributed by atoms with Gasteiger partial charge in [-0.25, -0.2) is 13.1 Å². The van der Waals surface area contributed by atoms with Crippen LogP contribution < -0.4 is 4.72 Å². The van der Waals surface area contributed by atoms with Gasteiger partial charge in [0.05, 0.1) is 6.26 Å². The zero-order chi connectivity index (χ0) is 14.0. The number of hydrogen-bond donors (Lipinski definition) is 3. The van der Waals surface area contributed by atoms with E-state index in [-0.39, 0.29) is 11.8 Å². The Kier molecular flexibility index (Phi) is 4.77. The van der Waals surface area contributed by atoms with Gasteiger partial charge < -0.3 is 10.0 Å². The van der Waals surface area contributed by atoms with Gasteiger partial charge in [-0.05, 0) is 25.2 Å². The molecule has 3 N–H and O–H groups in total. The molecule has 3 atom stereocenters. The molecule has 0 spiro atoms. The van der Waals surface area contributed by atoms with Crippen LogP contribution in [0.3, 0.4) is 0 Å². The average Bonchev–Trinajstić information content (AvgIpc) is 2.12. The van der Waals surface area contributed by atoms with Crippen molar-refractivity contribution < 1.29 is 18.5 Å². The maximum Gasteiger partial charge on any atom is 0.480 e. The van der Waals surface area contributed by atoms with Crippen LogP contribution in [0.2, 0.25) is 0 Å². The predicted octanol–water partition coefficient (Wildman–Crippen LogP) is 0.0747. The number of sulfonamides is 1. The molecule has 1 aliphatic carbocycles. The van der Waals surface area contributed by atoms with Gasteiger partial charge in [-0.2, -0.15) is 0 Å². The molecule has 0 aromatic rings. The third-order valence-corrected chi connectivity index (χ3v) is 3.85. The molecular formula is C11H20BNO4S. The Morgan fingerprint density at radius 1 is 1.50 bits per heavy atom. The maximum atomic E-state index is 11.3. The summed E-state index contributed by atoms with van der Waals surface area (Å²) in [6, 6.07) is 0. The van der Waals surface area contributed by atoms with Gasteiger partial charge in [0.1, 0.15) is 0 Å². The number of hydrogen-bond acceptors (Lipinski definition) is 4. The number of allylic oxidation sites excluding steroid dienone is 2. The molecular weight excluding hydrogens is 253 g/mol. The molecule has 5 nitrogen and oxygen atoms in total. The Bertz CT molecular complexity index is 446. The zero-order valence-electron chi connectivity index (χ0n) is 10.9. The van der Waals surface area contributed by atoms with Crippen molar-refractivity contribution in [2.75, 3.05) is 6.26 Å².